The zero-order valence-electron chi connectivity index (χ0n) is 10.2. The number of nitrogens with one attached hydrogen (secondary N) is 1. The summed E-state index contributed by atoms with van der Waals surface area (Å²) in [6.45, 7) is 6.79. The molecule has 2 unspecified atom stereocenters. The smallest absolute Gasteiger partial charge is 0.309 e. The summed E-state index contributed by atoms with van der Waals surface area (Å²) in [6.07, 6.45) is 0. The molecule has 0 fully saturated rings. The van der Waals surface area contributed by atoms with Crippen molar-refractivity contribution in [1.29, 1.82) is 0 Å². The lowest BCUT2D eigenvalue weighted by Crippen LogP contribution is -2.36. The topological polar surface area (TPSA) is 38.3 Å². The Morgan fingerprint density at radius 2 is 2.25 bits per heavy atom. The third-order valence-corrected chi connectivity index (χ3v) is 3.90. The van der Waals surface area contributed by atoms with E-state index in [2.05, 4.69) is 23.7 Å². The largest absolute Gasteiger partial charge is 0.469 e. The van der Waals surface area contributed by atoms with Gasteiger partial charge in [0.1, 0.15) is 0 Å². The Morgan fingerprint density at radius 1 is 1.56 bits per heavy atom. The van der Waals surface area contributed by atoms with Crippen LogP contribution in [0.25, 0.3) is 0 Å². The van der Waals surface area contributed by atoms with Crippen molar-refractivity contribution in [1.82, 2.24) is 5.32 Å². The molecule has 0 aliphatic carbocycles. The van der Waals surface area contributed by atoms with Crippen LogP contribution >= 0.6 is 11.3 Å². The second-order valence-corrected chi connectivity index (χ2v) is 5.01. The Hall–Kier alpha value is -0.870. The molecule has 0 amide bonds. The summed E-state index contributed by atoms with van der Waals surface area (Å²) in [5, 5.41) is 5.43. The van der Waals surface area contributed by atoms with Crippen LogP contribution in [0.4, 0.5) is 0 Å². The van der Waals surface area contributed by atoms with Crippen LogP contribution in [0.2, 0.25) is 0 Å². The maximum Gasteiger partial charge on any atom is 0.309 e. The molecule has 90 valence electrons. The number of carbonyl (C=O) groups is 1. The highest BCUT2D eigenvalue weighted by Crippen LogP contribution is 2.16. The minimum absolute atomic E-state index is 0.119. The van der Waals surface area contributed by atoms with E-state index in [9.17, 15) is 4.79 Å². The zero-order chi connectivity index (χ0) is 12.1. The van der Waals surface area contributed by atoms with E-state index >= 15 is 0 Å². The summed E-state index contributed by atoms with van der Waals surface area (Å²) in [5.41, 5.74) is 1.30. The predicted octanol–water partition coefficient (Wildman–Crippen LogP) is 2.34. The fourth-order valence-corrected chi connectivity index (χ4v) is 2.26. The first-order chi connectivity index (χ1) is 7.56. The molecule has 0 bridgehead atoms. The van der Waals surface area contributed by atoms with Gasteiger partial charge in [0, 0.05) is 17.5 Å². The number of esters is 1. The van der Waals surface area contributed by atoms with Gasteiger partial charge in [0.05, 0.1) is 13.0 Å². The van der Waals surface area contributed by atoms with E-state index in [4.69, 9.17) is 4.74 Å². The molecule has 0 radical (unpaired) electrons. The number of aryl methyl sites for hydroxylation is 1. The molecule has 0 aromatic carbocycles. The average Bonchev–Trinajstić information content (AvgIpc) is 2.69. The number of hydrogen-bond acceptors (Lipinski definition) is 4. The highest BCUT2D eigenvalue weighted by molar-refractivity contribution is 7.10. The molecule has 1 aromatic heterocycles. The van der Waals surface area contributed by atoms with Crippen LogP contribution in [0.5, 0.6) is 0 Å². The van der Waals surface area contributed by atoms with Crippen molar-refractivity contribution < 1.29 is 9.53 Å². The summed E-state index contributed by atoms with van der Waals surface area (Å²) in [7, 11) is 1.43. The monoisotopic (exact) mass is 241 g/mol. The molecule has 0 aliphatic heterocycles. The average molecular weight is 241 g/mol. The van der Waals surface area contributed by atoms with Gasteiger partial charge >= 0.3 is 5.97 Å². The van der Waals surface area contributed by atoms with Crippen molar-refractivity contribution in [2.75, 3.05) is 7.11 Å². The van der Waals surface area contributed by atoms with E-state index in [-0.39, 0.29) is 17.9 Å². The third-order valence-electron chi connectivity index (χ3n) is 2.88. The quantitative estimate of drug-likeness (QED) is 0.804. The number of hydrogen-bond donors (Lipinski definition) is 1. The standard InChI is InChI=1S/C12H19NO2S/c1-8-5-6-16-11(8)7-13-10(3)9(2)12(14)15-4/h5-6,9-10,13H,7H2,1-4H3. The maximum atomic E-state index is 11.3. The van der Waals surface area contributed by atoms with Crippen LogP contribution in [0.3, 0.4) is 0 Å². The third kappa shape index (κ3) is 3.32. The van der Waals surface area contributed by atoms with E-state index in [1.807, 2.05) is 13.8 Å². The van der Waals surface area contributed by atoms with Crippen LogP contribution in [-0.4, -0.2) is 19.1 Å². The Kier molecular flexibility index (Phi) is 4.96. The SMILES string of the molecule is COC(=O)C(C)C(C)NCc1sccc1C. The van der Waals surface area contributed by atoms with Crippen LogP contribution in [0, 0.1) is 12.8 Å². The van der Waals surface area contributed by atoms with Gasteiger partial charge in [0.15, 0.2) is 0 Å². The van der Waals surface area contributed by atoms with Crippen LogP contribution in [0.15, 0.2) is 11.4 Å². The van der Waals surface area contributed by atoms with Crippen molar-refractivity contribution in [2.24, 2.45) is 5.92 Å². The second-order valence-electron chi connectivity index (χ2n) is 4.01. The van der Waals surface area contributed by atoms with Gasteiger partial charge in [-0.15, -0.1) is 11.3 Å². The molecule has 4 heteroatoms. The van der Waals surface area contributed by atoms with Crippen molar-refractivity contribution >= 4 is 17.3 Å². The molecule has 1 rings (SSSR count). The molecule has 0 spiro atoms. The van der Waals surface area contributed by atoms with Gasteiger partial charge < -0.3 is 10.1 Å². The van der Waals surface area contributed by atoms with Crippen molar-refractivity contribution in [3.8, 4) is 0 Å². The first kappa shape index (κ1) is 13.2. The Labute approximate surface area is 101 Å². The molecule has 16 heavy (non-hydrogen) atoms. The molecule has 3 nitrogen and oxygen atoms in total. The van der Waals surface area contributed by atoms with Gasteiger partial charge in [0.2, 0.25) is 0 Å². The molecule has 0 aliphatic rings. The Balaban J connectivity index is 2.44. The van der Waals surface area contributed by atoms with E-state index < -0.39 is 0 Å². The molecule has 0 saturated carbocycles. The van der Waals surface area contributed by atoms with E-state index in [1.165, 1.54) is 17.6 Å². The lowest BCUT2D eigenvalue weighted by atomic mass is 10.0. The first-order valence-corrected chi connectivity index (χ1v) is 6.28. The number of thiophene rings is 1. The van der Waals surface area contributed by atoms with Gasteiger partial charge in [-0.1, -0.05) is 6.92 Å². The summed E-state index contributed by atoms with van der Waals surface area (Å²) in [5.74, 6) is -0.284. The van der Waals surface area contributed by atoms with Gasteiger partial charge in [-0.2, -0.15) is 0 Å². The van der Waals surface area contributed by atoms with E-state index in [0.717, 1.165) is 6.54 Å². The number of rotatable bonds is 5. The lowest BCUT2D eigenvalue weighted by Gasteiger charge is -2.19. The van der Waals surface area contributed by atoms with Crippen LogP contribution < -0.4 is 5.32 Å². The molecular weight excluding hydrogens is 222 g/mol. The molecule has 1 heterocycles. The predicted molar refractivity (Wildman–Crippen MR) is 66.5 cm³/mol. The van der Waals surface area contributed by atoms with Gasteiger partial charge in [0.25, 0.3) is 0 Å². The van der Waals surface area contributed by atoms with E-state index in [0.29, 0.717) is 0 Å². The highest BCUT2D eigenvalue weighted by Gasteiger charge is 2.20. The molecule has 0 saturated heterocycles. The normalized spacial score (nSPS) is 14.5. The summed E-state index contributed by atoms with van der Waals surface area (Å²) in [6, 6.07) is 2.23. The fourth-order valence-electron chi connectivity index (χ4n) is 1.41. The first-order valence-electron chi connectivity index (χ1n) is 5.40. The van der Waals surface area contributed by atoms with Crippen molar-refractivity contribution in [3.05, 3.63) is 21.9 Å². The summed E-state index contributed by atoms with van der Waals surface area (Å²) < 4.78 is 4.72. The van der Waals surface area contributed by atoms with Gasteiger partial charge in [-0.3, -0.25) is 4.79 Å². The number of ether oxygens (including phenoxy) is 1. The van der Waals surface area contributed by atoms with Crippen molar-refractivity contribution in [3.63, 3.8) is 0 Å². The fraction of sp³-hybridized carbons (Fsp3) is 0.583. The Morgan fingerprint density at radius 3 is 2.75 bits per heavy atom. The molecular formula is C12H19NO2S. The Bertz CT molecular complexity index is 349. The van der Waals surface area contributed by atoms with Gasteiger partial charge in [-0.25, -0.2) is 0 Å². The van der Waals surface area contributed by atoms with E-state index in [1.54, 1.807) is 11.3 Å². The van der Waals surface area contributed by atoms with Gasteiger partial charge in [-0.05, 0) is 30.9 Å². The number of methoxy groups -OCH3 is 1. The maximum absolute atomic E-state index is 11.3. The lowest BCUT2D eigenvalue weighted by molar-refractivity contribution is -0.145. The van der Waals surface area contributed by atoms with Crippen molar-refractivity contribution in [2.45, 2.75) is 33.4 Å². The minimum atomic E-state index is -0.164. The molecule has 1 aromatic rings. The van der Waals surface area contributed by atoms with Crippen LogP contribution in [-0.2, 0) is 16.1 Å². The summed E-state index contributed by atoms with van der Waals surface area (Å²) in [4.78, 5) is 12.6. The minimum Gasteiger partial charge on any atom is -0.469 e. The molecule has 1 N–H and O–H groups in total. The zero-order valence-corrected chi connectivity index (χ0v) is 11.1. The molecule has 2 atom stereocenters. The summed E-state index contributed by atoms with van der Waals surface area (Å²) >= 11 is 1.74. The highest BCUT2D eigenvalue weighted by atomic mass is 32.1. The number of carbonyl (C=O) groups excluding carboxylic acids is 1. The second kappa shape index (κ2) is 6.01. The van der Waals surface area contributed by atoms with Crippen LogP contribution in [0.1, 0.15) is 24.3 Å².